The molecule has 36 heavy (non-hydrogen) atoms. The summed E-state index contributed by atoms with van der Waals surface area (Å²) >= 11 is 0. The number of benzene rings is 3. The van der Waals surface area contributed by atoms with Crippen LogP contribution in [0, 0.1) is 11.3 Å². The second-order valence-corrected chi connectivity index (χ2v) is 10.0. The highest BCUT2D eigenvalue weighted by atomic mass is 32.2. The SMILES string of the molecule is COc1cccc([C@H]2C(C#N)=C(N)OC3=C2S(=O)(=O)N(Cc2ccccc2)c2ccccc23)c1OC. The fourth-order valence-electron chi connectivity index (χ4n) is 4.68. The first-order chi connectivity index (χ1) is 17.4. The van der Waals surface area contributed by atoms with Crippen molar-refractivity contribution in [1.29, 1.82) is 5.26 Å². The van der Waals surface area contributed by atoms with Gasteiger partial charge in [-0.1, -0.05) is 54.6 Å². The monoisotopic (exact) mass is 501 g/mol. The van der Waals surface area contributed by atoms with Crippen LogP contribution in [0.5, 0.6) is 11.5 Å². The highest BCUT2D eigenvalue weighted by Gasteiger charge is 2.48. The van der Waals surface area contributed by atoms with Crippen LogP contribution in [0.3, 0.4) is 0 Å². The molecule has 0 saturated carbocycles. The minimum Gasteiger partial charge on any atom is -0.493 e. The molecule has 5 rings (SSSR count). The fraction of sp³-hybridized carbons (Fsp3) is 0.148. The van der Waals surface area contributed by atoms with Crippen LogP contribution in [0.2, 0.25) is 0 Å². The largest absolute Gasteiger partial charge is 0.493 e. The molecule has 3 aromatic carbocycles. The van der Waals surface area contributed by atoms with Crippen molar-refractivity contribution in [3.63, 3.8) is 0 Å². The summed E-state index contributed by atoms with van der Waals surface area (Å²) in [6.07, 6.45) is 0. The van der Waals surface area contributed by atoms with Crippen molar-refractivity contribution in [1.82, 2.24) is 0 Å². The summed E-state index contributed by atoms with van der Waals surface area (Å²) in [5.74, 6) is -0.424. The fourth-order valence-corrected chi connectivity index (χ4v) is 6.58. The molecule has 9 heteroatoms. The van der Waals surface area contributed by atoms with E-state index >= 15 is 0 Å². The number of nitrogens with zero attached hydrogens (tertiary/aromatic N) is 2. The Morgan fingerprint density at radius 1 is 1.00 bits per heavy atom. The van der Waals surface area contributed by atoms with Gasteiger partial charge in [0.25, 0.3) is 10.0 Å². The molecule has 1 atom stereocenters. The Morgan fingerprint density at radius 3 is 2.42 bits per heavy atom. The Kier molecular flexibility index (Phi) is 5.82. The van der Waals surface area contributed by atoms with Crippen molar-refractivity contribution in [3.8, 4) is 17.6 Å². The molecule has 0 saturated heterocycles. The van der Waals surface area contributed by atoms with E-state index in [1.165, 1.54) is 18.5 Å². The molecule has 2 heterocycles. The molecular formula is C27H23N3O5S. The van der Waals surface area contributed by atoms with Crippen molar-refractivity contribution in [3.05, 3.63) is 106 Å². The topological polar surface area (TPSA) is 115 Å². The quantitative estimate of drug-likeness (QED) is 0.556. The lowest BCUT2D eigenvalue weighted by atomic mass is 9.87. The molecule has 0 fully saturated rings. The van der Waals surface area contributed by atoms with Crippen molar-refractivity contribution in [2.45, 2.75) is 12.5 Å². The van der Waals surface area contributed by atoms with Gasteiger partial charge in [0.1, 0.15) is 16.5 Å². The third-order valence-electron chi connectivity index (χ3n) is 6.27. The number of para-hydroxylation sites is 2. The number of nitriles is 1. The van der Waals surface area contributed by atoms with Crippen LogP contribution in [-0.4, -0.2) is 22.6 Å². The van der Waals surface area contributed by atoms with E-state index in [0.29, 0.717) is 28.3 Å². The smallest absolute Gasteiger partial charge is 0.265 e. The average molecular weight is 502 g/mol. The third-order valence-corrected chi connectivity index (χ3v) is 8.15. The molecule has 0 spiro atoms. The van der Waals surface area contributed by atoms with Crippen LogP contribution in [-0.2, 0) is 21.3 Å². The van der Waals surface area contributed by atoms with E-state index in [0.717, 1.165) is 5.56 Å². The minimum absolute atomic E-state index is 0.0251. The number of methoxy groups -OCH3 is 2. The van der Waals surface area contributed by atoms with Gasteiger partial charge in [-0.3, -0.25) is 4.31 Å². The summed E-state index contributed by atoms with van der Waals surface area (Å²) in [6.45, 7) is 0.0972. The van der Waals surface area contributed by atoms with Crippen LogP contribution in [0.1, 0.15) is 22.6 Å². The Balaban J connectivity index is 1.81. The molecule has 8 nitrogen and oxygen atoms in total. The van der Waals surface area contributed by atoms with E-state index in [2.05, 4.69) is 6.07 Å². The van der Waals surface area contributed by atoms with Gasteiger partial charge in [-0.15, -0.1) is 0 Å². The van der Waals surface area contributed by atoms with Crippen molar-refractivity contribution >= 4 is 21.5 Å². The lowest BCUT2D eigenvalue weighted by Crippen LogP contribution is -2.39. The van der Waals surface area contributed by atoms with Crippen LogP contribution in [0.25, 0.3) is 5.76 Å². The van der Waals surface area contributed by atoms with Gasteiger partial charge in [0.2, 0.25) is 5.88 Å². The average Bonchev–Trinajstić information content (AvgIpc) is 2.90. The summed E-state index contributed by atoms with van der Waals surface area (Å²) in [7, 11) is -1.25. The molecule has 0 unspecified atom stereocenters. The van der Waals surface area contributed by atoms with Crippen molar-refractivity contribution < 1.29 is 22.6 Å². The lowest BCUT2D eigenvalue weighted by molar-refractivity contribution is 0.345. The Bertz CT molecular complexity index is 1560. The van der Waals surface area contributed by atoms with Gasteiger partial charge in [-0.05, 0) is 23.8 Å². The van der Waals surface area contributed by atoms with E-state index in [1.54, 1.807) is 42.5 Å². The Morgan fingerprint density at radius 2 is 1.72 bits per heavy atom. The summed E-state index contributed by atoms with van der Waals surface area (Å²) in [6, 6.07) is 23.5. The number of allylic oxidation sites excluding steroid dienone is 2. The first-order valence-corrected chi connectivity index (χ1v) is 12.5. The molecule has 2 N–H and O–H groups in total. The first-order valence-electron chi connectivity index (χ1n) is 11.1. The molecule has 0 aliphatic carbocycles. The van der Waals surface area contributed by atoms with E-state index in [4.69, 9.17) is 19.9 Å². The maximum atomic E-state index is 14.4. The van der Waals surface area contributed by atoms with E-state index < -0.39 is 15.9 Å². The number of rotatable bonds is 5. The van der Waals surface area contributed by atoms with Gasteiger partial charge < -0.3 is 19.9 Å². The van der Waals surface area contributed by atoms with Crippen molar-refractivity contribution in [2.75, 3.05) is 18.5 Å². The maximum absolute atomic E-state index is 14.4. The van der Waals surface area contributed by atoms with Crippen LogP contribution >= 0.6 is 0 Å². The molecule has 0 aromatic heterocycles. The normalized spacial score (nSPS) is 18.0. The minimum atomic E-state index is -4.19. The molecule has 182 valence electrons. The zero-order valence-electron chi connectivity index (χ0n) is 19.6. The maximum Gasteiger partial charge on any atom is 0.265 e. The number of ether oxygens (including phenoxy) is 3. The molecular weight excluding hydrogens is 478 g/mol. The van der Waals surface area contributed by atoms with Crippen LogP contribution in [0.4, 0.5) is 5.69 Å². The van der Waals surface area contributed by atoms with Crippen LogP contribution < -0.4 is 19.5 Å². The third kappa shape index (κ3) is 3.54. The number of anilines is 1. The van der Waals surface area contributed by atoms with Gasteiger partial charge >= 0.3 is 0 Å². The van der Waals surface area contributed by atoms with Crippen molar-refractivity contribution in [2.24, 2.45) is 5.73 Å². The zero-order chi connectivity index (χ0) is 25.4. The first kappa shape index (κ1) is 23.3. The highest BCUT2D eigenvalue weighted by molar-refractivity contribution is 7.96. The van der Waals surface area contributed by atoms with Gasteiger partial charge in [-0.2, -0.15) is 5.26 Å². The van der Waals surface area contributed by atoms with Gasteiger partial charge in [-0.25, -0.2) is 8.42 Å². The summed E-state index contributed by atoms with van der Waals surface area (Å²) in [5.41, 5.74) is 8.44. The highest BCUT2D eigenvalue weighted by Crippen LogP contribution is 2.53. The Labute approximate surface area is 209 Å². The Hall–Kier alpha value is -4.42. The molecule has 3 aromatic rings. The van der Waals surface area contributed by atoms with Crippen LogP contribution in [0.15, 0.2) is 89.2 Å². The number of nitrogens with two attached hydrogens (primary N) is 1. The standard InChI is InChI=1S/C27H23N3O5S/c1-33-22-14-8-12-19(24(22)34-2)23-20(15-28)27(29)35-25-18-11-6-7-13-21(18)30(36(31,32)26(23)25)16-17-9-4-3-5-10-17/h3-14,23H,16,29H2,1-2H3/t23-/m0/s1. The number of hydrogen-bond acceptors (Lipinski definition) is 7. The number of hydrogen-bond donors (Lipinski definition) is 1. The van der Waals surface area contributed by atoms with Gasteiger partial charge in [0, 0.05) is 11.1 Å². The second kappa shape index (κ2) is 8.98. The summed E-state index contributed by atoms with van der Waals surface area (Å²) < 4.78 is 47.0. The number of sulfonamides is 1. The van der Waals surface area contributed by atoms with E-state index in [9.17, 15) is 13.7 Å². The molecule has 0 bridgehead atoms. The zero-order valence-corrected chi connectivity index (χ0v) is 20.5. The molecule has 2 aliphatic rings. The number of fused-ring (bicyclic) bond motifs is 2. The molecule has 0 amide bonds. The summed E-state index contributed by atoms with van der Waals surface area (Å²) in [4.78, 5) is -0.0746. The lowest BCUT2D eigenvalue weighted by Gasteiger charge is -2.38. The molecule has 0 radical (unpaired) electrons. The summed E-state index contributed by atoms with van der Waals surface area (Å²) in [5, 5.41) is 10.1. The van der Waals surface area contributed by atoms with Gasteiger partial charge in [0.15, 0.2) is 17.3 Å². The predicted molar refractivity (Wildman–Crippen MR) is 135 cm³/mol. The van der Waals surface area contributed by atoms with E-state index in [1.807, 2.05) is 30.3 Å². The predicted octanol–water partition coefficient (Wildman–Crippen LogP) is 4.23. The molecule has 2 aliphatic heterocycles. The van der Waals surface area contributed by atoms with E-state index in [-0.39, 0.29) is 28.7 Å². The second-order valence-electron chi connectivity index (χ2n) is 8.22. The van der Waals surface area contributed by atoms with Gasteiger partial charge in [0.05, 0.1) is 32.4 Å².